The molecule has 3 rings (SSSR count). The van der Waals surface area contributed by atoms with Crippen LogP contribution >= 0.6 is 22.7 Å². The highest BCUT2D eigenvalue weighted by atomic mass is 32.1. The van der Waals surface area contributed by atoms with E-state index in [1.165, 1.54) is 4.70 Å². The maximum absolute atomic E-state index is 4.44. The molecule has 0 unspecified atom stereocenters. The number of anilines is 1. The van der Waals surface area contributed by atoms with Crippen LogP contribution in [0.1, 0.15) is 10.7 Å². The van der Waals surface area contributed by atoms with Gasteiger partial charge in [0.15, 0.2) is 0 Å². The Morgan fingerprint density at radius 3 is 3.12 bits per heavy atom. The van der Waals surface area contributed by atoms with E-state index in [9.17, 15) is 0 Å². The summed E-state index contributed by atoms with van der Waals surface area (Å²) in [6.45, 7) is 2.81. The predicted octanol–water partition coefficient (Wildman–Crippen LogP) is 3.67. The molecule has 2 aromatic heterocycles. The van der Waals surface area contributed by atoms with Crippen LogP contribution in [0.2, 0.25) is 0 Å². The summed E-state index contributed by atoms with van der Waals surface area (Å²) in [4.78, 5) is 8.69. The Bertz CT molecular complexity index is 628. The fraction of sp³-hybridized carbons (Fsp3) is 0.167. The number of thiazole rings is 2. The number of hydrogen-bond acceptors (Lipinski definition) is 5. The second-order valence-electron chi connectivity index (χ2n) is 3.75. The van der Waals surface area contributed by atoms with E-state index in [1.54, 1.807) is 22.7 Å². The average Bonchev–Trinajstić information content (AvgIpc) is 2.92. The summed E-state index contributed by atoms with van der Waals surface area (Å²) in [5, 5.41) is 6.54. The first-order valence-electron chi connectivity index (χ1n) is 5.29. The van der Waals surface area contributed by atoms with Gasteiger partial charge in [0.25, 0.3) is 0 Å². The minimum absolute atomic E-state index is 0.771. The smallest absolute Gasteiger partial charge is 0.0907 e. The maximum atomic E-state index is 4.44. The highest BCUT2D eigenvalue weighted by molar-refractivity contribution is 7.18. The van der Waals surface area contributed by atoms with Gasteiger partial charge >= 0.3 is 0 Å². The van der Waals surface area contributed by atoms with Gasteiger partial charge < -0.3 is 5.32 Å². The molecule has 3 nitrogen and oxygen atoms in total. The van der Waals surface area contributed by atoms with E-state index < -0.39 is 0 Å². The van der Waals surface area contributed by atoms with Gasteiger partial charge in [-0.2, -0.15) is 0 Å². The van der Waals surface area contributed by atoms with Crippen molar-refractivity contribution in [3.63, 3.8) is 0 Å². The van der Waals surface area contributed by atoms with Gasteiger partial charge in [0.05, 0.1) is 33.0 Å². The lowest BCUT2D eigenvalue weighted by Gasteiger charge is -2.03. The average molecular weight is 261 g/mol. The Morgan fingerprint density at radius 1 is 1.35 bits per heavy atom. The Morgan fingerprint density at radius 2 is 2.29 bits per heavy atom. The molecule has 0 saturated heterocycles. The van der Waals surface area contributed by atoms with Crippen LogP contribution in [0.3, 0.4) is 0 Å². The number of aryl methyl sites for hydroxylation is 1. The fourth-order valence-corrected chi connectivity index (χ4v) is 3.09. The third-order valence-electron chi connectivity index (χ3n) is 2.45. The van der Waals surface area contributed by atoms with Crippen LogP contribution in [0.5, 0.6) is 0 Å². The number of hydrogen-bond donors (Lipinski definition) is 1. The van der Waals surface area contributed by atoms with Crippen LogP contribution in [0.25, 0.3) is 10.2 Å². The van der Waals surface area contributed by atoms with Crippen LogP contribution in [-0.2, 0) is 6.54 Å². The van der Waals surface area contributed by atoms with Crippen molar-refractivity contribution in [3.05, 3.63) is 39.8 Å². The topological polar surface area (TPSA) is 37.8 Å². The molecule has 0 fully saturated rings. The molecule has 2 heterocycles. The zero-order valence-electron chi connectivity index (χ0n) is 9.30. The monoisotopic (exact) mass is 261 g/mol. The largest absolute Gasteiger partial charge is 0.379 e. The molecule has 0 amide bonds. The van der Waals surface area contributed by atoms with Crippen LogP contribution in [0.4, 0.5) is 5.69 Å². The van der Waals surface area contributed by atoms with E-state index in [2.05, 4.69) is 38.9 Å². The maximum Gasteiger partial charge on any atom is 0.0907 e. The number of aromatic nitrogens is 2. The van der Waals surface area contributed by atoms with Gasteiger partial charge in [0.2, 0.25) is 0 Å². The van der Waals surface area contributed by atoms with Crippen molar-refractivity contribution in [1.29, 1.82) is 0 Å². The number of nitrogens with zero attached hydrogens (tertiary/aromatic N) is 2. The van der Waals surface area contributed by atoms with Gasteiger partial charge in [0, 0.05) is 11.1 Å². The van der Waals surface area contributed by atoms with Gasteiger partial charge in [-0.05, 0) is 25.1 Å². The summed E-state index contributed by atoms with van der Waals surface area (Å²) in [6.07, 6.45) is 0. The van der Waals surface area contributed by atoms with Crippen LogP contribution in [0.15, 0.2) is 29.1 Å². The van der Waals surface area contributed by atoms with Crippen molar-refractivity contribution < 1.29 is 0 Å². The molecule has 0 aliphatic heterocycles. The quantitative estimate of drug-likeness (QED) is 0.781. The molecule has 0 saturated carbocycles. The van der Waals surface area contributed by atoms with E-state index >= 15 is 0 Å². The van der Waals surface area contributed by atoms with Gasteiger partial charge in [-0.25, -0.2) is 9.97 Å². The van der Waals surface area contributed by atoms with Crippen molar-refractivity contribution in [2.75, 3.05) is 5.32 Å². The molecule has 0 atom stereocenters. The lowest BCUT2D eigenvalue weighted by Crippen LogP contribution is -1.98. The van der Waals surface area contributed by atoms with E-state index in [-0.39, 0.29) is 0 Å². The van der Waals surface area contributed by atoms with E-state index in [0.717, 1.165) is 28.5 Å². The zero-order valence-corrected chi connectivity index (χ0v) is 10.9. The molecule has 86 valence electrons. The molecule has 0 aliphatic rings. The van der Waals surface area contributed by atoms with Crippen molar-refractivity contribution in [3.8, 4) is 0 Å². The lowest BCUT2D eigenvalue weighted by molar-refractivity contribution is 1.08. The molecule has 3 aromatic rings. The second-order valence-corrected chi connectivity index (χ2v) is 5.70. The van der Waals surface area contributed by atoms with Crippen molar-refractivity contribution in [2.45, 2.75) is 13.5 Å². The van der Waals surface area contributed by atoms with E-state index in [0.29, 0.717) is 0 Å². The molecular weight excluding hydrogens is 250 g/mol. The Labute approximate surface area is 107 Å². The summed E-state index contributed by atoms with van der Waals surface area (Å²) in [5.74, 6) is 0. The minimum Gasteiger partial charge on any atom is -0.379 e. The van der Waals surface area contributed by atoms with Crippen LogP contribution < -0.4 is 5.32 Å². The SMILES string of the molecule is Cc1nc2ccc(NCc3cscn3)cc2s1. The third-order valence-corrected chi connectivity index (χ3v) is 4.02. The molecule has 5 heteroatoms. The molecule has 0 bridgehead atoms. The molecule has 0 spiro atoms. The lowest BCUT2D eigenvalue weighted by atomic mass is 10.3. The Kier molecular flexibility index (Phi) is 2.78. The normalized spacial score (nSPS) is 10.9. The number of benzene rings is 1. The van der Waals surface area contributed by atoms with E-state index in [4.69, 9.17) is 0 Å². The summed E-state index contributed by atoms with van der Waals surface area (Å²) in [6, 6.07) is 6.27. The molecular formula is C12H11N3S2. The van der Waals surface area contributed by atoms with Crippen molar-refractivity contribution in [2.24, 2.45) is 0 Å². The van der Waals surface area contributed by atoms with Crippen molar-refractivity contribution in [1.82, 2.24) is 9.97 Å². The van der Waals surface area contributed by atoms with Gasteiger partial charge in [-0.1, -0.05) is 0 Å². The molecule has 17 heavy (non-hydrogen) atoms. The number of rotatable bonds is 3. The molecule has 1 aromatic carbocycles. The van der Waals surface area contributed by atoms with E-state index in [1.807, 2.05) is 12.4 Å². The Balaban J connectivity index is 1.81. The molecule has 0 radical (unpaired) electrons. The summed E-state index contributed by atoms with van der Waals surface area (Å²) in [5.41, 5.74) is 5.13. The molecule has 0 aliphatic carbocycles. The second kappa shape index (κ2) is 4.43. The van der Waals surface area contributed by atoms with Gasteiger partial charge in [-0.15, -0.1) is 22.7 Å². The number of nitrogens with one attached hydrogen (secondary N) is 1. The van der Waals surface area contributed by atoms with Gasteiger partial charge in [0.1, 0.15) is 0 Å². The van der Waals surface area contributed by atoms with Gasteiger partial charge in [-0.3, -0.25) is 0 Å². The first-order chi connectivity index (χ1) is 8.31. The minimum atomic E-state index is 0.771. The summed E-state index contributed by atoms with van der Waals surface area (Å²) < 4.78 is 1.23. The summed E-state index contributed by atoms with van der Waals surface area (Å²) >= 11 is 3.35. The van der Waals surface area contributed by atoms with Crippen molar-refractivity contribution >= 4 is 38.6 Å². The first-order valence-corrected chi connectivity index (χ1v) is 7.05. The highest BCUT2D eigenvalue weighted by Crippen LogP contribution is 2.24. The molecule has 1 N–H and O–H groups in total. The fourth-order valence-electron chi connectivity index (χ4n) is 1.67. The Hall–Kier alpha value is -1.46. The van der Waals surface area contributed by atoms with Crippen LogP contribution in [-0.4, -0.2) is 9.97 Å². The highest BCUT2D eigenvalue weighted by Gasteiger charge is 2.02. The standard InChI is InChI=1S/C12H11N3S2/c1-8-15-11-3-2-9(4-12(11)17-8)13-5-10-6-16-7-14-10/h2-4,6-7,13H,5H2,1H3. The van der Waals surface area contributed by atoms with Crippen LogP contribution in [0, 0.1) is 6.92 Å². The first kappa shape index (κ1) is 10.7. The predicted molar refractivity (Wildman–Crippen MR) is 73.8 cm³/mol. The third kappa shape index (κ3) is 2.30. The number of fused-ring (bicyclic) bond motifs is 1. The zero-order chi connectivity index (χ0) is 11.7. The summed E-state index contributed by atoms with van der Waals surface area (Å²) in [7, 11) is 0.